The SMILES string of the molecule is CCCCCCCCCCCC(=O)OC(=O)C(O)CO.OCCO. The van der Waals surface area contributed by atoms with Crippen LogP contribution in [-0.4, -0.2) is 58.3 Å². The molecule has 144 valence electrons. The minimum Gasteiger partial charge on any atom is -0.394 e. The number of aliphatic hydroxyl groups is 4. The fourth-order valence-electron chi connectivity index (χ4n) is 1.89. The number of unbranched alkanes of at least 4 members (excludes halogenated alkanes) is 8. The fourth-order valence-corrected chi connectivity index (χ4v) is 1.89. The first-order valence-corrected chi connectivity index (χ1v) is 8.78. The third-order valence-electron chi connectivity index (χ3n) is 3.24. The number of rotatable bonds is 13. The Balaban J connectivity index is 0. The van der Waals surface area contributed by atoms with Crippen LogP contribution < -0.4 is 0 Å². The van der Waals surface area contributed by atoms with E-state index in [1.807, 2.05) is 0 Å². The lowest BCUT2D eigenvalue weighted by atomic mass is 10.1. The second kappa shape index (κ2) is 20.0. The maximum Gasteiger partial charge on any atom is 0.345 e. The smallest absolute Gasteiger partial charge is 0.345 e. The van der Waals surface area contributed by atoms with E-state index in [9.17, 15) is 9.59 Å². The van der Waals surface area contributed by atoms with E-state index in [2.05, 4.69) is 11.7 Å². The van der Waals surface area contributed by atoms with Crippen LogP contribution in [0.15, 0.2) is 0 Å². The molecular formula is C17H34O7. The molecule has 0 rings (SSSR count). The number of ether oxygens (including phenoxy) is 1. The van der Waals surface area contributed by atoms with E-state index < -0.39 is 24.6 Å². The van der Waals surface area contributed by atoms with Gasteiger partial charge in [0.05, 0.1) is 19.8 Å². The molecule has 7 nitrogen and oxygen atoms in total. The van der Waals surface area contributed by atoms with Crippen molar-refractivity contribution in [3.8, 4) is 0 Å². The van der Waals surface area contributed by atoms with Gasteiger partial charge in [-0.2, -0.15) is 0 Å². The number of hydrogen-bond acceptors (Lipinski definition) is 7. The maximum atomic E-state index is 11.2. The number of carbonyl (C=O) groups excluding carboxylic acids is 2. The summed E-state index contributed by atoms with van der Waals surface area (Å²) in [5.41, 5.74) is 0. The molecule has 1 unspecified atom stereocenters. The summed E-state index contributed by atoms with van der Waals surface area (Å²) >= 11 is 0. The molecule has 0 aromatic rings. The molecule has 4 N–H and O–H groups in total. The third-order valence-corrected chi connectivity index (χ3v) is 3.24. The number of aliphatic hydroxyl groups excluding tert-OH is 4. The van der Waals surface area contributed by atoms with Crippen LogP contribution in [0.3, 0.4) is 0 Å². The molecule has 0 amide bonds. The van der Waals surface area contributed by atoms with E-state index in [1.165, 1.54) is 38.5 Å². The fraction of sp³-hybridized carbons (Fsp3) is 0.882. The van der Waals surface area contributed by atoms with E-state index in [1.54, 1.807) is 0 Å². The van der Waals surface area contributed by atoms with Gasteiger partial charge in [-0.25, -0.2) is 4.79 Å². The van der Waals surface area contributed by atoms with E-state index in [-0.39, 0.29) is 19.6 Å². The van der Waals surface area contributed by atoms with Crippen molar-refractivity contribution in [1.29, 1.82) is 0 Å². The molecule has 0 aliphatic heterocycles. The first kappa shape index (κ1) is 25.2. The van der Waals surface area contributed by atoms with Crippen LogP contribution in [0, 0.1) is 0 Å². The lowest BCUT2D eigenvalue weighted by Gasteiger charge is -2.06. The highest BCUT2D eigenvalue weighted by Crippen LogP contribution is 2.10. The molecule has 0 bridgehead atoms. The van der Waals surface area contributed by atoms with Crippen molar-refractivity contribution in [3.05, 3.63) is 0 Å². The zero-order chi connectivity index (χ0) is 18.6. The van der Waals surface area contributed by atoms with Crippen LogP contribution in [-0.2, 0) is 14.3 Å². The lowest BCUT2D eigenvalue weighted by molar-refractivity contribution is -0.167. The van der Waals surface area contributed by atoms with Gasteiger partial charge in [-0.3, -0.25) is 4.79 Å². The predicted octanol–water partition coefficient (Wildman–Crippen LogP) is 1.30. The molecule has 0 aromatic heterocycles. The van der Waals surface area contributed by atoms with Crippen molar-refractivity contribution < 1.29 is 34.8 Å². The summed E-state index contributed by atoms with van der Waals surface area (Å²) in [6.07, 6.45) is 8.85. The molecule has 0 aliphatic rings. The molecule has 0 aliphatic carbocycles. The Hall–Kier alpha value is -1.02. The maximum absolute atomic E-state index is 11.2. The van der Waals surface area contributed by atoms with Crippen molar-refractivity contribution in [2.24, 2.45) is 0 Å². The van der Waals surface area contributed by atoms with Crippen LogP contribution in [0.2, 0.25) is 0 Å². The largest absolute Gasteiger partial charge is 0.394 e. The van der Waals surface area contributed by atoms with Gasteiger partial charge in [-0.15, -0.1) is 0 Å². The lowest BCUT2D eigenvalue weighted by Crippen LogP contribution is -2.28. The Morgan fingerprint density at radius 1 is 0.833 bits per heavy atom. The Morgan fingerprint density at radius 2 is 1.29 bits per heavy atom. The van der Waals surface area contributed by atoms with Crippen molar-refractivity contribution in [2.45, 2.75) is 77.2 Å². The molecule has 24 heavy (non-hydrogen) atoms. The Kier molecular flexibility index (Phi) is 21.0. The molecule has 1 atom stereocenters. The highest BCUT2D eigenvalue weighted by Gasteiger charge is 2.18. The van der Waals surface area contributed by atoms with Crippen LogP contribution in [0.1, 0.15) is 71.1 Å². The second-order valence-electron chi connectivity index (χ2n) is 5.52. The third kappa shape index (κ3) is 19.0. The molecule has 0 spiro atoms. The second-order valence-corrected chi connectivity index (χ2v) is 5.52. The molecule has 0 saturated carbocycles. The zero-order valence-electron chi connectivity index (χ0n) is 14.8. The van der Waals surface area contributed by atoms with Gasteiger partial charge in [0, 0.05) is 6.42 Å². The van der Waals surface area contributed by atoms with Crippen molar-refractivity contribution in [1.82, 2.24) is 0 Å². The average molecular weight is 350 g/mol. The Morgan fingerprint density at radius 3 is 1.71 bits per heavy atom. The van der Waals surface area contributed by atoms with Gasteiger partial charge in [0.2, 0.25) is 0 Å². The van der Waals surface area contributed by atoms with E-state index >= 15 is 0 Å². The molecule has 0 saturated heterocycles. The van der Waals surface area contributed by atoms with Gasteiger partial charge in [-0.1, -0.05) is 58.3 Å². The molecule has 0 aromatic carbocycles. The van der Waals surface area contributed by atoms with Gasteiger partial charge < -0.3 is 25.2 Å². The summed E-state index contributed by atoms with van der Waals surface area (Å²) in [7, 11) is 0. The van der Waals surface area contributed by atoms with Gasteiger partial charge in [-0.05, 0) is 6.42 Å². The number of esters is 2. The Bertz CT molecular complexity index is 293. The van der Waals surface area contributed by atoms with Gasteiger partial charge >= 0.3 is 11.9 Å². The standard InChI is InChI=1S/C15H28O5.C2H6O2/c1-2-3-4-5-6-7-8-9-10-11-14(18)20-15(19)13(17)12-16;3-1-2-4/h13,16-17H,2-12H2,1H3;3-4H,1-2H2. The summed E-state index contributed by atoms with van der Waals surface area (Å²) in [4.78, 5) is 22.2. The Labute approximate surface area is 144 Å². The molecular weight excluding hydrogens is 316 g/mol. The van der Waals surface area contributed by atoms with Crippen LogP contribution in [0.4, 0.5) is 0 Å². The van der Waals surface area contributed by atoms with Crippen molar-refractivity contribution in [3.63, 3.8) is 0 Å². The van der Waals surface area contributed by atoms with Gasteiger partial charge in [0.15, 0.2) is 6.10 Å². The molecule has 7 heteroatoms. The monoisotopic (exact) mass is 350 g/mol. The van der Waals surface area contributed by atoms with Gasteiger partial charge in [0.25, 0.3) is 0 Å². The number of carbonyl (C=O) groups is 2. The van der Waals surface area contributed by atoms with Crippen LogP contribution >= 0.6 is 0 Å². The molecule has 0 fully saturated rings. The quantitative estimate of drug-likeness (QED) is 0.224. The van der Waals surface area contributed by atoms with Crippen LogP contribution in [0.25, 0.3) is 0 Å². The normalized spacial score (nSPS) is 11.4. The van der Waals surface area contributed by atoms with Gasteiger partial charge in [0.1, 0.15) is 0 Å². The molecule has 0 radical (unpaired) electrons. The zero-order valence-corrected chi connectivity index (χ0v) is 14.8. The summed E-state index contributed by atoms with van der Waals surface area (Å²) in [5.74, 6) is -1.71. The average Bonchev–Trinajstić information content (AvgIpc) is 2.59. The summed E-state index contributed by atoms with van der Waals surface area (Å²) in [5, 5.41) is 32.7. The van der Waals surface area contributed by atoms with E-state index in [4.69, 9.17) is 20.4 Å². The van der Waals surface area contributed by atoms with Crippen molar-refractivity contribution in [2.75, 3.05) is 19.8 Å². The first-order valence-electron chi connectivity index (χ1n) is 8.78. The summed E-state index contributed by atoms with van der Waals surface area (Å²) in [6, 6.07) is 0. The highest BCUT2D eigenvalue weighted by molar-refractivity contribution is 5.87. The van der Waals surface area contributed by atoms with Crippen molar-refractivity contribution >= 4 is 11.9 Å². The van der Waals surface area contributed by atoms with Crippen LogP contribution in [0.5, 0.6) is 0 Å². The van der Waals surface area contributed by atoms with E-state index in [0.717, 1.165) is 12.8 Å². The van der Waals surface area contributed by atoms with E-state index in [0.29, 0.717) is 6.42 Å². The first-order chi connectivity index (χ1) is 11.5. The highest BCUT2D eigenvalue weighted by atomic mass is 16.6. The predicted molar refractivity (Wildman–Crippen MR) is 90.2 cm³/mol. The minimum absolute atomic E-state index is 0.125. The number of hydrogen-bond donors (Lipinski definition) is 4. The summed E-state index contributed by atoms with van der Waals surface area (Å²) in [6.45, 7) is 1.22. The topological polar surface area (TPSA) is 124 Å². The minimum atomic E-state index is -1.62. The summed E-state index contributed by atoms with van der Waals surface area (Å²) < 4.78 is 4.39. The molecule has 0 heterocycles.